The van der Waals surface area contributed by atoms with Gasteiger partial charge in [0.25, 0.3) is 0 Å². The Morgan fingerprint density at radius 1 is 1.17 bits per heavy atom. The number of aryl methyl sites for hydroxylation is 1. The Kier molecular flexibility index (Phi) is 6.57. The second-order valence-corrected chi connectivity index (χ2v) is 6.86. The van der Waals surface area contributed by atoms with E-state index in [0.717, 1.165) is 28.4 Å². The molecular formula is C22H23ClN4O2. The van der Waals surface area contributed by atoms with E-state index in [4.69, 9.17) is 16.3 Å². The molecule has 0 saturated carbocycles. The second kappa shape index (κ2) is 9.30. The predicted octanol–water partition coefficient (Wildman–Crippen LogP) is 5.30. The summed E-state index contributed by atoms with van der Waals surface area (Å²) in [5.74, 6) is 0.843. The van der Waals surface area contributed by atoms with E-state index in [9.17, 15) is 4.79 Å². The average molecular weight is 411 g/mol. The van der Waals surface area contributed by atoms with Crippen LogP contribution in [0, 0.1) is 13.8 Å². The summed E-state index contributed by atoms with van der Waals surface area (Å²) in [6.07, 6.45) is 1.63. The molecule has 2 amide bonds. The fraction of sp³-hybridized carbons (Fsp3) is 0.182. The molecule has 3 rings (SSSR count). The Labute approximate surface area is 175 Å². The summed E-state index contributed by atoms with van der Waals surface area (Å²) in [4.78, 5) is 12.0. The van der Waals surface area contributed by atoms with E-state index in [0.29, 0.717) is 17.3 Å². The minimum absolute atomic E-state index is 0.441. The van der Waals surface area contributed by atoms with Crippen LogP contribution in [0.25, 0.3) is 5.69 Å². The molecule has 150 valence electrons. The lowest BCUT2D eigenvalue weighted by Crippen LogP contribution is -2.24. The van der Waals surface area contributed by atoms with Crippen molar-refractivity contribution >= 4 is 29.5 Å². The van der Waals surface area contributed by atoms with Gasteiger partial charge in [-0.25, -0.2) is 10.2 Å². The molecule has 0 aliphatic heterocycles. The summed E-state index contributed by atoms with van der Waals surface area (Å²) >= 11 is 5.91. The zero-order valence-corrected chi connectivity index (χ0v) is 17.3. The minimum atomic E-state index is -0.441. The van der Waals surface area contributed by atoms with E-state index in [1.165, 1.54) is 0 Å². The molecular weight excluding hydrogens is 388 g/mol. The zero-order valence-electron chi connectivity index (χ0n) is 16.6. The van der Waals surface area contributed by atoms with Crippen molar-refractivity contribution < 1.29 is 9.53 Å². The van der Waals surface area contributed by atoms with Crippen molar-refractivity contribution in [3.8, 4) is 11.4 Å². The molecule has 2 aromatic carbocycles. The number of carbonyl (C=O) groups is 1. The van der Waals surface area contributed by atoms with Gasteiger partial charge in [0.05, 0.1) is 12.8 Å². The Bertz CT molecular complexity index is 1030. The monoisotopic (exact) mass is 410 g/mol. The Morgan fingerprint density at radius 3 is 2.62 bits per heavy atom. The molecule has 3 aromatic rings. The van der Waals surface area contributed by atoms with Crippen LogP contribution in [0.4, 0.5) is 10.5 Å². The van der Waals surface area contributed by atoms with Gasteiger partial charge in [0.2, 0.25) is 0 Å². The summed E-state index contributed by atoms with van der Waals surface area (Å²) in [5, 5.41) is 7.28. The number of hydrogen-bond acceptors (Lipinski definition) is 3. The fourth-order valence-corrected chi connectivity index (χ4v) is 3.25. The normalized spacial score (nSPS) is 10.9. The maximum atomic E-state index is 12.0. The molecule has 1 heterocycles. The van der Waals surface area contributed by atoms with Gasteiger partial charge in [-0.1, -0.05) is 17.7 Å². The third kappa shape index (κ3) is 5.18. The van der Waals surface area contributed by atoms with Crippen molar-refractivity contribution in [1.82, 2.24) is 9.99 Å². The fourth-order valence-electron chi connectivity index (χ4n) is 3.06. The number of rotatable bonds is 6. The van der Waals surface area contributed by atoms with Gasteiger partial charge < -0.3 is 14.6 Å². The maximum Gasteiger partial charge on any atom is 0.339 e. The molecule has 0 fully saturated rings. The lowest BCUT2D eigenvalue weighted by molar-refractivity contribution is 0.252. The highest BCUT2D eigenvalue weighted by Crippen LogP contribution is 2.22. The molecule has 0 bridgehead atoms. The number of benzene rings is 2. The van der Waals surface area contributed by atoms with Gasteiger partial charge in [-0.2, -0.15) is 5.10 Å². The van der Waals surface area contributed by atoms with Gasteiger partial charge in [-0.15, -0.1) is 0 Å². The molecule has 0 unspecified atom stereocenters. The first-order chi connectivity index (χ1) is 14.0. The van der Waals surface area contributed by atoms with Crippen LogP contribution in [0.5, 0.6) is 5.75 Å². The predicted molar refractivity (Wildman–Crippen MR) is 118 cm³/mol. The summed E-state index contributed by atoms with van der Waals surface area (Å²) in [5.41, 5.74) is 7.10. The molecule has 0 aliphatic rings. The van der Waals surface area contributed by atoms with E-state index < -0.39 is 6.03 Å². The number of halogens is 1. The molecule has 0 saturated heterocycles. The smallest absolute Gasteiger partial charge is 0.339 e. The van der Waals surface area contributed by atoms with Gasteiger partial charge in [0, 0.05) is 33.3 Å². The van der Waals surface area contributed by atoms with Crippen molar-refractivity contribution in [2.75, 3.05) is 11.9 Å². The third-order valence-corrected chi connectivity index (χ3v) is 4.56. The number of aromatic nitrogens is 1. The molecule has 0 spiro atoms. The Balaban J connectivity index is 1.68. The van der Waals surface area contributed by atoms with Gasteiger partial charge in [0.15, 0.2) is 0 Å². The molecule has 6 nitrogen and oxygen atoms in total. The number of carbonyl (C=O) groups excluding carboxylic acids is 1. The van der Waals surface area contributed by atoms with Crippen LogP contribution in [-0.2, 0) is 0 Å². The van der Waals surface area contributed by atoms with Crippen LogP contribution in [0.15, 0.2) is 59.7 Å². The summed E-state index contributed by atoms with van der Waals surface area (Å²) in [6, 6.07) is 16.4. The van der Waals surface area contributed by atoms with E-state index >= 15 is 0 Å². The van der Waals surface area contributed by atoms with Crippen LogP contribution in [-0.4, -0.2) is 23.4 Å². The number of ether oxygens (including phenoxy) is 1. The molecule has 1 aromatic heterocycles. The van der Waals surface area contributed by atoms with E-state index in [2.05, 4.69) is 20.4 Å². The van der Waals surface area contributed by atoms with E-state index in [1.54, 1.807) is 30.5 Å². The number of anilines is 1. The molecule has 0 aliphatic carbocycles. The van der Waals surface area contributed by atoms with Gasteiger partial charge in [-0.05, 0) is 69.3 Å². The van der Waals surface area contributed by atoms with Gasteiger partial charge in [0.1, 0.15) is 5.75 Å². The molecule has 2 N–H and O–H groups in total. The molecule has 0 atom stereocenters. The molecule has 29 heavy (non-hydrogen) atoms. The second-order valence-electron chi connectivity index (χ2n) is 6.42. The number of amides is 2. The average Bonchev–Trinajstić information content (AvgIpc) is 2.96. The van der Waals surface area contributed by atoms with Crippen molar-refractivity contribution in [3.63, 3.8) is 0 Å². The standard InChI is InChI=1S/C22H23ClN4O2/c1-4-29-21-10-8-20(9-11-21)27-15(2)12-17(16(27)3)14-24-26-22(28)25-19-7-5-6-18(23)13-19/h5-14H,4H2,1-3H3,(H2,25,26,28)/b24-14+. The number of hydrogen-bond donors (Lipinski definition) is 2. The third-order valence-electron chi connectivity index (χ3n) is 4.33. The largest absolute Gasteiger partial charge is 0.494 e. The Morgan fingerprint density at radius 2 is 1.93 bits per heavy atom. The van der Waals surface area contributed by atoms with Crippen LogP contribution in [0.2, 0.25) is 5.02 Å². The zero-order chi connectivity index (χ0) is 20.8. The van der Waals surface area contributed by atoms with Crippen LogP contribution in [0.3, 0.4) is 0 Å². The highest BCUT2D eigenvalue weighted by Gasteiger charge is 2.10. The van der Waals surface area contributed by atoms with Crippen LogP contribution in [0.1, 0.15) is 23.9 Å². The highest BCUT2D eigenvalue weighted by molar-refractivity contribution is 6.30. The summed E-state index contributed by atoms with van der Waals surface area (Å²) < 4.78 is 7.63. The number of hydrazone groups is 1. The lowest BCUT2D eigenvalue weighted by atomic mass is 10.2. The van der Waals surface area contributed by atoms with Crippen LogP contribution >= 0.6 is 11.6 Å². The van der Waals surface area contributed by atoms with Crippen molar-refractivity contribution in [2.45, 2.75) is 20.8 Å². The van der Waals surface area contributed by atoms with Gasteiger partial charge >= 0.3 is 6.03 Å². The maximum absolute atomic E-state index is 12.0. The molecule has 0 radical (unpaired) electrons. The van der Waals surface area contributed by atoms with Gasteiger partial charge in [-0.3, -0.25) is 0 Å². The summed E-state index contributed by atoms with van der Waals surface area (Å²) in [7, 11) is 0. The number of urea groups is 1. The first kappa shape index (κ1) is 20.5. The SMILES string of the molecule is CCOc1ccc(-n2c(C)cc(/C=N/NC(=O)Nc3cccc(Cl)c3)c2C)cc1. The highest BCUT2D eigenvalue weighted by atomic mass is 35.5. The first-order valence-electron chi connectivity index (χ1n) is 9.25. The summed E-state index contributed by atoms with van der Waals surface area (Å²) in [6.45, 7) is 6.64. The van der Waals surface area contributed by atoms with E-state index in [-0.39, 0.29) is 0 Å². The Hall–Kier alpha value is -3.25. The first-order valence-corrected chi connectivity index (χ1v) is 9.63. The quantitative estimate of drug-likeness (QED) is 0.427. The van der Waals surface area contributed by atoms with Crippen molar-refractivity contribution in [1.29, 1.82) is 0 Å². The lowest BCUT2D eigenvalue weighted by Gasteiger charge is -2.11. The number of nitrogens with one attached hydrogen (secondary N) is 2. The van der Waals surface area contributed by atoms with Crippen molar-refractivity contribution in [3.05, 3.63) is 76.6 Å². The minimum Gasteiger partial charge on any atom is -0.494 e. The van der Waals surface area contributed by atoms with Crippen molar-refractivity contribution in [2.24, 2.45) is 5.10 Å². The molecule has 7 heteroatoms. The van der Waals surface area contributed by atoms with Crippen LogP contribution < -0.4 is 15.5 Å². The van der Waals surface area contributed by atoms with E-state index in [1.807, 2.05) is 51.1 Å². The number of nitrogens with zero attached hydrogens (tertiary/aromatic N) is 2. The topological polar surface area (TPSA) is 67.6 Å².